The molecule has 0 atom stereocenters. The van der Waals surface area contributed by atoms with Gasteiger partial charge in [0.1, 0.15) is 15.8 Å². The summed E-state index contributed by atoms with van der Waals surface area (Å²) in [6, 6.07) is 13.6. The fourth-order valence-corrected chi connectivity index (χ4v) is 5.61. The van der Waals surface area contributed by atoms with E-state index in [4.69, 9.17) is 17.2 Å². The predicted molar refractivity (Wildman–Crippen MR) is 142 cm³/mol. The van der Waals surface area contributed by atoms with Crippen molar-refractivity contribution < 1.29 is 4.79 Å². The Morgan fingerprint density at radius 1 is 1.12 bits per heavy atom. The van der Waals surface area contributed by atoms with Crippen LogP contribution < -0.4 is 10.5 Å². The Kier molecular flexibility index (Phi) is 6.27. The van der Waals surface area contributed by atoms with Gasteiger partial charge >= 0.3 is 0 Å². The number of hydrogen-bond donors (Lipinski definition) is 0. The monoisotopic (exact) mass is 490 g/mol. The van der Waals surface area contributed by atoms with Crippen LogP contribution in [0.3, 0.4) is 0 Å². The molecular formula is C26H26N4O2S2. The lowest BCUT2D eigenvalue weighted by molar-refractivity contribution is -0.122. The van der Waals surface area contributed by atoms with Crippen LogP contribution in [0.5, 0.6) is 0 Å². The number of fused-ring (bicyclic) bond motifs is 1. The lowest BCUT2D eigenvalue weighted by Gasteiger charge is -2.32. The third kappa shape index (κ3) is 4.40. The number of piperidine rings is 1. The van der Waals surface area contributed by atoms with E-state index in [2.05, 4.69) is 11.8 Å². The smallest absolute Gasteiger partial charge is 0.267 e. The molecule has 1 aromatic carbocycles. The fraction of sp³-hybridized carbons (Fsp3) is 0.308. The van der Waals surface area contributed by atoms with Crippen LogP contribution in [-0.2, 0) is 11.3 Å². The SMILES string of the molecule is Cc1ccc2nc(N3CCC(C)CC3)c(/C=C3/SC(=S)N(Cc4ccccc4)C3=O)c(=O)n2c1. The summed E-state index contributed by atoms with van der Waals surface area (Å²) in [7, 11) is 0. The van der Waals surface area contributed by atoms with Crippen molar-refractivity contribution in [2.24, 2.45) is 5.92 Å². The highest BCUT2D eigenvalue weighted by molar-refractivity contribution is 8.26. The number of aromatic nitrogens is 2. The topological polar surface area (TPSA) is 57.9 Å². The van der Waals surface area contributed by atoms with Crippen LogP contribution in [0.1, 0.15) is 36.5 Å². The van der Waals surface area contributed by atoms with Gasteiger partial charge in [0.15, 0.2) is 0 Å². The first-order chi connectivity index (χ1) is 16.4. The minimum absolute atomic E-state index is 0.171. The molecule has 0 N–H and O–H groups in total. The van der Waals surface area contributed by atoms with Crippen molar-refractivity contribution in [2.75, 3.05) is 18.0 Å². The van der Waals surface area contributed by atoms with Crippen LogP contribution in [-0.4, -0.2) is 37.6 Å². The third-order valence-electron chi connectivity index (χ3n) is 6.40. The zero-order valence-electron chi connectivity index (χ0n) is 19.2. The van der Waals surface area contributed by atoms with E-state index in [9.17, 15) is 9.59 Å². The molecule has 0 saturated carbocycles. The van der Waals surface area contributed by atoms with Gasteiger partial charge in [-0.25, -0.2) is 4.98 Å². The molecule has 4 heterocycles. The molecule has 2 aliphatic rings. The number of aryl methyl sites for hydroxylation is 1. The Balaban J connectivity index is 1.57. The van der Waals surface area contributed by atoms with Gasteiger partial charge in [0, 0.05) is 19.3 Å². The average Bonchev–Trinajstić information content (AvgIpc) is 3.10. The van der Waals surface area contributed by atoms with E-state index < -0.39 is 0 Å². The molecule has 8 heteroatoms. The molecule has 34 heavy (non-hydrogen) atoms. The van der Waals surface area contributed by atoms with Crippen molar-refractivity contribution in [2.45, 2.75) is 33.2 Å². The van der Waals surface area contributed by atoms with Gasteiger partial charge in [0.2, 0.25) is 0 Å². The highest BCUT2D eigenvalue weighted by Crippen LogP contribution is 2.35. The van der Waals surface area contributed by atoms with Crippen molar-refractivity contribution in [1.29, 1.82) is 0 Å². The lowest BCUT2D eigenvalue weighted by atomic mass is 9.99. The average molecular weight is 491 g/mol. The van der Waals surface area contributed by atoms with Crippen molar-refractivity contribution >= 4 is 51.7 Å². The van der Waals surface area contributed by atoms with Gasteiger partial charge in [-0.05, 0) is 49.0 Å². The number of amides is 1. The third-order valence-corrected chi connectivity index (χ3v) is 7.78. The number of rotatable bonds is 4. The van der Waals surface area contributed by atoms with E-state index in [1.807, 2.05) is 49.4 Å². The van der Waals surface area contributed by atoms with Gasteiger partial charge in [-0.2, -0.15) is 0 Å². The standard InChI is InChI=1S/C26H26N4O2S2/c1-17-10-12-28(13-11-17)23-20(24(31)29-15-18(2)8-9-22(29)27-23)14-21-25(32)30(26(33)34-21)16-19-6-4-3-5-7-19/h3-9,14-15,17H,10-13,16H2,1-2H3/b21-14+. The number of pyridine rings is 1. The number of thioether (sulfide) groups is 1. The zero-order chi connectivity index (χ0) is 23.8. The second kappa shape index (κ2) is 9.35. The normalized spacial score (nSPS) is 18.5. The van der Waals surface area contributed by atoms with Crippen LogP contribution in [0.25, 0.3) is 11.7 Å². The highest BCUT2D eigenvalue weighted by Gasteiger charge is 2.33. The van der Waals surface area contributed by atoms with E-state index >= 15 is 0 Å². The molecule has 3 aromatic rings. The molecule has 2 saturated heterocycles. The number of benzene rings is 1. The summed E-state index contributed by atoms with van der Waals surface area (Å²) in [5, 5.41) is 0. The molecule has 1 amide bonds. The summed E-state index contributed by atoms with van der Waals surface area (Å²) in [6.07, 6.45) is 5.59. The van der Waals surface area contributed by atoms with Crippen LogP contribution in [0.15, 0.2) is 58.4 Å². The quantitative estimate of drug-likeness (QED) is 0.392. The molecule has 2 aliphatic heterocycles. The lowest BCUT2D eigenvalue weighted by Crippen LogP contribution is -2.36. The van der Waals surface area contributed by atoms with Crippen molar-refractivity contribution in [3.05, 3.63) is 80.6 Å². The molecule has 0 aliphatic carbocycles. The first kappa shape index (κ1) is 22.8. The van der Waals surface area contributed by atoms with Crippen molar-refractivity contribution in [1.82, 2.24) is 14.3 Å². The molecule has 2 aromatic heterocycles. The molecule has 2 fully saturated rings. The summed E-state index contributed by atoms with van der Waals surface area (Å²) in [5.41, 5.74) is 2.86. The number of carbonyl (C=O) groups excluding carboxylic acids is 1. The summed E-state index contributed by atoms with van der Waals surface area (Å²) in [5.74, 6) is 1.12. The molecule has 174 valence electrons. The minimum Gasteiger partial charge on any atom is -0.356 e. The van der Waals surface area contributed by atoms with Gasteiger partial charge < -0.3 is 4.90 Å². The fourth-order valence-electron chi connectivity index (χ4n) is 4.37. The molecular weight excluding hydrogens is 464 g/mol. The Morgan fingerprint density at radius 3 is 2.59 bits per heavy atom. The zero-order valence-corrected chi connectivity index (χ0v) is 20.9. The van der Waals surface area contributed by atoms with E-state index in [-0.39, 0.29) is 11.5 Å². The number of anilines is 1. The van der Waals surface area contributed by atoms with E-state index in [1.54, 1.807) is 21.6 Å². The largest absolute Gasteiger partial charge is 0.356 e. The minimum atomic E-state index is -0.175. The Labute approximate surface area is 208 Å². The number of nitrogens with zero attached hydrogens (tertiary/aromatic N) is 4. The molecule has 0 radical (unpaired) electrons. The first-order valence-corrected chi connectivity index (χ1v) is 12.7. The predicted octanol–water partition coefficient (Wildman–Crippen LogP) is 4.64. The van der Waals surface area contributed by atoms with E-state index in [1.165, 1.54) is 11.8 Å². The second-order valence-electron chi connectivity index (χ2n) is 9.01. The van der Waals surface area contributed by atoms with E-state index in [0.29, 0.717) is 38.7 Å². The summed E-state index contributed by atoms with van der Waals surface area (Å²) in [6.45, 7) is 6.28. The van der Waals surface area contributed by atoms with Gasteiger partial charge in [0.25, 0.3) is 11.5 Å². The van der Waals surface area contributed by atoms with Crippen LogP contribution in [0, 0.1) is 12.8 Å². The van der Waals surface area contributed by atoms with Gasteiger partial charge in [-0.3, -0.25) is 18.9 Å². The Morgan fingerprint density at radius 2 is 1.85 bits per heavy atom. The summed E-state index contributed by atoms with van der Waals surface area (Å²) >= 11 is 6.77. The van der Waals surface area contributed by atoms with Gasteiger partial charge in [-0.15, -0.1) is 0 Å². The highest BCUT2D eigenvalue weighted by atomic mass is 32.2. The number of hydrogen-bond acceptors (Lipinski definition) is 6. The maximum atomic E-state index is 13.6. The first-order valence-electron chi connectivity index (χ1n) is 11.5. The summed E-state index contributed by atoms with van der Waals surface area (Å²) < 4.78 is 2.07. The molecule has 0 unspecified atom stereocenters. The van der Waals surface area contributed by atoms with Crippen LogP contribution in [0.2, 0.25) is 0 Å². The Hall–Kier alpha value is -2.97. The van der Waals surface area contributed by atoms with Gasteiger partial charge in [0.05, 0.1) is 17.0 Å². The van der Waals surface area contributed by atoms with Crippen LogP contribution >= 0.6 is 24.0 Å². The second-order valence-corrected chi connectivity index (χ2v) is 10.7. The molecule has 6 nitrogen and oxygen atoms in total. The van der Waals surface area contributed by atoms with Crippen molar-refractivity contribution in [3.63, 3.8) is 0 Å². The molecule has 0 bridgehead atoms. The number of thiocarbonyl (C=S) groups is 1. The molecule has 5 rings (SSSR count). The molecule has 0 spiro atoms. The maximum absolute atomic E-state index is 13.6. The summed E-state index contributed by atoms with van der Waals surface area (Å²) in [4.78, 5) is 36.0. The number of carbonyl (C=O) groups is 1. The van der Waals surface area contributed by atoms with Crippen molar-refractivity contribution in [3.8, 4) is 0 Å². The van der Waals surface area contributed by atoms with Crippen LogP contribution in [0.4, 0.5) is 5.82 Å². The maximum Gasteiger partial charge on any atom is 0.267 e. The Bertz CT molecular complexity index is 1360. The van der Waals surface area contributed by atoms with Gasteiger partial charge in [-0.1, -0.05) is 67.3 Å². The van der Waals surface area contributed by atoms with E-state index in [0.717, 1.165) is 37.1 Å².